The molecule has 0 bridgehead atoms. The second-order valence-corrected chi connectivity index (χ2v) is 7.38. The van der Waals surface area contributed by atoms with Gasteiger partial charge in [0.25, 0.3) is 5.91 Å². The zero-order chi connectivity index (χ0) is 19.9. The van der Waals surface area contributed by atoms with Gasteiger partial charge in [0.15, 0.2) is 0 Å². The summed E-state index contributed by atoms with van der Waals surface area (Å²) < 4.78 is 1.90. The highest BCUT2D eigenvalue weighted by Gasteiger charge is 2.46. The summed E-state index contributed by atoms with van der Waals surface area (Å²) in [5.41, 5.74) is 7.56. The number of carbonyl (C=O) groups is 1. The number of nitrogens with two attached hydrogens (primary N) is 1. The highest BCUT2D eigenvalue weighted by atomic mass is 35.5. The third-order valence-electron chi connectivity index (χ3n) is 4.98. The molecule has 1 unspecified atom stereocenters. The van der Waals surface area contributed by atoms with E-state index in [4.69, 9.17) is 17.3 Å². The molecule has 1 amide bonds. The summed E-state index contributed by atoms with van der Waals surface area (Å²) >= 11 is 6.51. The smallest absolute Gasteiger partial charge is 0.279 e. The van der Waals surface area contributed by atoms with E-state index in [-0.39, 0.29) is 6.54 Å². The van der Waals surface area contributed by atoms with Crippen LogP contribution in [-0.2, 0) is 23.6 Å². The van der Waals surface area contributed by atoms with Crippen molar-refractivity contribution in [3.63, 3.8) is 0 Å². The van der Waals surface area contributed by atoms with Crippen molar-refractivity contribution in [2.24, 2.45) is 5.73 Å². The van der Waals surface area contributed by atoms with Crippen molar-refractivity contribution >= 4 is 23.2 Å². The van der Waals surface area contributed by atoms with Crippen LogP contribution in [0.15, 0.2) is 54.9 Å². The van der Waals surface area contributed by atoms with Crippen LogP contribution >= 0.6 is 11.6 Å². The fourth-order valence-corrected chi connectivity index (χ4v) is 3.75. The predicted molar refractivity (Wildman–Crippen MR) is 109 cm³/mol. The van der Waals surface area contributed by atoms with Crippen LogP contribution in [0.25, 0.3) is 11.1 Å². The summed E-state index contributed by atoms with van der Waals surface area (Å²) in [5, 5.41) is 15.3. The molecule has 0 saturated carbocycles. The largest absolute Gasteiger partial charge is 0.364 e. The van der Waals surface area contributed by atoms with Crippen molar-refractivity contribution in [2.75, 3.05) is 4.90 Å². The standard InChI is InChI=1S/C21H21ClN4O2/c1-2-9-25-12-16(11-24-25)14-7-8-15(18(22)10-14)13-26-19-6-4-3-5-17(19)21(23,28)20(26)27/h3-8,10-12,28H,2,9,13,23H2,1H3. The van der Waals surface area contributed by atoms with Crippen molar-refractivity contribution in [1.82, 2.24) is 9.78 Å². The number of amides is 1. The molecule has 4 rings (SSSR count). The van der Waals surface area contributed by atoms with Gasteiger partial charge in [-0.15, -0.1) is 0 Å². The van der Waals surface area contributed by atoms with Gasteiger partial charge in [0.05, 0.1) is 18.4 Å². The van der Waals surface area contributed by atoms with Crippen molar-refractivity contribution < 1.29 is 9.90 Å². The minimum absolute atomic E-state index is 0.226. The molecule has 0 aliphatic carbocycles. The summed E-state index contributed by atoms with van der Waals surface area (Å²) in [6, 6.07) is 12.7. The number of aliphatic hydroxyl groups is 1. The SMILES string of the molecule is CCCn1cc(-c2ccc(CN3C(=O)C(N)(O)c4ccccc43)c(Cl)c2)cn1. The first-order valence-corrected chi connectivity index (χ1v) is 9.53. The number of aromatic nitrogens is 2. The van der Waals surface area contributed by atoms with Gasteiger partial charge in [0, 0.05) is 28.9 Å². The van der Waals surface area contributed by atoms with Gasteiger partial charge in [-0.05, 0) is 29.7 Å². The van der Waals surface area contributed by atoms with E-state index in [9.17, 15) is 9.90 Å². The lowest BCUT2D eigenvalue weighted by Crippen LogP contribution is -2.46. The molecule has 1 aliphatic heterocycles. The molecular formula is C21H21ClN4O2. The Morgan fingerprint density at radius 3 is 2.75 bits per heavy atom. The van der Waals surface area contributed by atoms with Crippen LogP contribution in [0, 0.1) is 0 Å². The first-order chi connectivity index (χ1) is 13.4. The van der Waals surface area contributed by atoms with E-state index in [1.807, 2.05) is 35.3 Å². The molecular weight excluding hydrogens is 376 g/mol. The quantitative estimate of drug-likeness (QED) is 0.648. The monoisotopic (exact) mass is 396 g/mol. The second-order valence-electron chi connectivity index (χ2n) is 6.97. The topological polar surface area (TPSA) is 84.4 Å². The van der Waals surface area contributed by atoms with Crippen LogP contribution in [0.5, 0.6) is 0 Å². The number of aryl methyl sites for hydroxylation is 1. The van der Waals surface area contributed by atoms with Gasteiger partial charge < -0.3 is 10.0 Å². The molecule has 28 heavy (non-hydrogen) atoms. The predicted octanol–water partition coefficient (Wildman–Crippen LogP) is 3.26. The van der Waals surface area contributed by atoms with Gasteiger partial charge in [-0.2, -0.15) is 5.10 Å². The summed E-state index contributed by atoms with van der Waals surface area (Å²) in [5.74, 6) is -0.560. The summed E-state index contributed by atoms with van der Waals surface area (Å²) in [4.78, 5) is 14.1. The molecule has 1 aliphatic rings. The molecule has 2 aromatic carbocycles. The zero-order valence-corrected chi connectivity index (χ0v) is 16.2. The minimum Gasteiger partial charge on any atom is -0.364 e. The third-order valence-corrected chi connectivity index (χ3v) is 5.33. The molecule has 3 N–H and O–H groups in total. The van der Waals surface area contributed by atoms with Crippen molar-refractivity contribution in [1.29, 1.82) is 0 Å². The fraction of sp³-hybridized carbons (Fsp3) is 0.238. The van der Waals surface area contributed by atoms with E-state index in [2.05, 4.69) is 12.0 Å². The minimum atomic E-state index is -2.02. The van der Waals surface area contributed by atoms with E-state index < -0.39 is 11.6 Å². The molecule has 3 aromatic rings. The van der Waals surface area contributed by atoms with Crippen LogP contribution in [0.2, 0.25) is 5.02 Å². The Morgan fingerprint density at radius 2 is 2.00 bits per heavy atom. The molecule has 7 heteroatoms. The molecule has 0 saturated heterocycles. The number of halogens is 1. The number of hydrogen-bond donors (Lipinski definition) is 2. The molecule has 6 nitrogen and oxygen atoms in total. The number of nitrogens with zero attached hydrogens (tertiary/aromatic N) is 3. The summed E-state index contributed by atoms with van der Waals surface area (Å²) in [7, 11) is 0. The Bertz CT molecular complexity index is 1040. The van der Waals surface area contributed by atoms with E-state index in [0.29, 0.717) is 16.3 Å². The number of para-hydroxylation sites is 1. The highest BCUT2D eigenvalue weighted by molar-refractivity contribution is 6.31. The third kappa shape index (κ3) is 3.09. The molecule has 0 fully saturated rings. The maximum Gasteiger partial charge on any atom is 0.279 e. The van der Waals surface area contributed by atoms with Gasteiger partial charge in [-0.3, -0.25) is 15.2 Å². The first kappa shape index (κ1) is 18.7. The zero-order valence-electron chi connectivity index (χ0n) is 15.5. The first-order valence-electron chi connectivity index (χ1n) is 9.15. The van der Waals surface area contributed by atoms with Crippen LogP contribution in [0.4, 0.5) is 5.69 Å². The average molecular weight is 397 g/mol. The average Bonchev–Trinajstić information content (AvgIpc) is 3.21. The van der Waals surface area contributed by atoms with Gasteiger partial charge in [-0.25, -0.2) is 0 Å². The van der Waals surface area contributed by atoms with Crippen LogP contribution in [0.3, 0.4) is 0 Å². The number of benzene rings is 2. The Morgan fingerprint density at radius 1 is 1.21 bits per heavy atom. The van der Waals surface area contributed by atoms with E-state index in [1.54, 1.807) is 24.3 Å². The normalized spacial score (nSPS) is 18.6. The lowest BCUT2D eigenvalue weighted by atomic mass is 10.1. The van der Waals surface area contributed by atoms with Gasteiger partial charge in [-0.1, -0.05) is 48.9 Å². The van der Waals surface area contributed by atoms with E-state index in [0.717, 1.165) is 29.7 Å². The molecule has 2 heterocycles. The summed E-state index contributed by atoms with van der Waals surface area (Å²) in [6.07, 6.45) is 4.82. The Balaban J connectivity index is 1.62. The maximum absolute atomic E-state index is 12.6. The second kappa shape index (κ2) is 7.05. The van der Waals surface area contributed by atoms with Crippen molar-refractivity contribution in [3.8, 4) is 11.1 Å². The van der Waals surface area contributed by atoms with E-state index in [1.165, 1.54) is 4.90 Å². The van der Waals surface area contributed by atoms with Crippen molar-refractivity contribution in [2.45, 2.75) is 32.2 Å². The highest BCUT2D eigenvalue weighted by Crippen LogP contribution is 2.38. The molecule has 144 valence electrons. The summed E-state index contributed by atoms with van der Waals surface area (Å²) in [6.45, 7) is 3.20. The number of anilines is 1. The van der Waals surface area contributed by atoms with Crippen LogP contribution in [0.1, 0.15) is 24.5 Å². The van der Waals surface area contributed by atoms with Crippen LogP contribution in [-0.4, -0.2) is 20.8 Å². The number of carbonyl (C=O) groups excluding carboxylic acids is 1. The van der Waals surface area contributed by atoms with Crippen molar-refractivity contribution in [3.05, 3.63) is 71.0 Å². The maximum atomic E-state index is 12.6. The Hall–Kier alpha value is -2.67. The molecule has 0 spiro atoms. The molecule has 0 radical (unpaired) electrons. The molecule has 1 aromatic heterocycles. The lowest BCUT2D eigenvalue weighted by molar-refractivity contribution is -0.135. The van der Waals surface area contributed by atoms with E-state index >= 15 is 0 Å². The van der Waals surface area contributed by atoms with Gasteiger partial charge in [0.2, 0.25) is 5.72 Å². The molecule has 1 atom stereocenters. The number of rotatable bonds is 5. The van der Waals surface area contributed by atoms with Gasteiger partial charge >= 0.3 is 0 Å². The number of fused-ring (bicyclic) bond motifs is 1. The Kier molecular flexibility index (Phi) is 4.71. The van der Waals surface area contributed by atoms with Gasteiger partial charge in [0.1, 0.15) is 0 Å². The Labute approximate surface area is 168 Å². The lowest BCUT2D eigenvalue weighted by Gasteiger charge is -2.20. The number of hydrogen-bond acceptors (Lipinski definition) is 4. The fourth-order valence-electron chi connectivity index (χ4n) is 3.51. The van der Waals surface area contributed by atoms with Crippen LogP contribution < -0.4 is 10.6 Å².